The van der Waals surface area contributed by atoms with Crippen LogP contribution in [0.5, 0.6) is 0 Å². The van der Waals surface area contributed by atoms with Crippen LogP contribution in [0, 0.1) is 0 Å². The summed E-state index contributed by atoms with van der Waals surface area (Å²) in [4.78, 5) is 63.5. The molecule has 0 rings (SSSR count). The fourth-order valence-electron chi connectivity index (χ4n) is 0.967. The quantitative estimate of drug-likeness (QED) is 0.360. The number of rotatable bonds is 6. The van der Waals surface area contributed by atoms with Gasteiger partial charge in [-0.3, -0.25) is 19.2 Å². The molecule has 0 unspecified atom stereocenters. The molecule has 26 heavy (non-hydrogen) atoms. The Kier molecular flexibility index (Phi) is 13.3. The minimum absolute atomic E-state index is 0.375. The molecule has 0 aromatic carbocycles. The standard InChI is InChI=1S/C8H12O8Si.2C2H4O2.Pb/c1-5(9)13-17(14-6(2)10,15-7(3)11)16-8(4)12;2*1-2(3)4;/h1-4H3;2*1H3,(H,3,4);/q;;;+2/p-2. The van der Waals surface area contributed by atoms with Crippen LogP contribution in [0.4, 0.5) is 0 Å². The monoisotopic (exact) mass is 590 g/mol. The molecule has 0 amide bonds. The first-order chi connectivity index (χ1) is 11.8. The zero-order valence-electron chi connectivity index (χ0n) is 14.9. The zero-order chi connectivity index (χ0) is 20.9. The van der Waals surface area contributed by atoms with Gasteiger partial charge in [-0.15, -0.1) is 0 Å². The summed E-state index contributed by atoms with van der Waals surface area (Å²) in [5.41, 5.74) is 0. The van der Waals surface area contributed by atoms with Gasteiger partial charge in [-0.05, 0) is 0 Å². The molecular weight excluding hydrogens is 571 g/mol. The van der Waals surface area contributed by atoms with E-state index in [2.05, 4.69) is 23.1 Å². The van der Waals surface area contributed by atoms with Crippen molar-refractivity contribution in [1.29, 1.82) is 0 Å². The van der Waals surface area contributed by atoms with Crippen molar-refractivity contribution >= 4 is 70.0 Å². The van der Waals surface area contributed by atoms with Crippen molar-refractivity contribution in [2.24, 2.45) is 0 Å². The van der Waals surface area contributed by atoms with E-state index in [4.69, 9.17) is 0 Å². The van der Waals surface area contributed by atoms with Crippen LogP contribution in [0.3, 0.4) is 0 Å². The number of hydrogen-bond acceptors (Lipinski definition) is 12. The van der Waals surface area contributed by atoms with Crippen molar-refractivity contribution in [3.8, 4) is 0 Å². The molecule has 12 nitrogen and oxygen atoms in total. The summed E-state index contributed by atoms with van der Waals surface area (Å²) in [7, 11) is -4.45. The SMILES string of the molecule is CC(=O)O[Si](OC(C)=O)(OC(C)=O)OC(C)=O.CC(=O)[O][Pb][O]C(C)=O. The molecule has 0 heterocycles. The van der Waals surface area contributed by atoms with Crippen molar-refractivity contribution in [1.82, 2.24) is 0 Å². The van der Waals surface area contributed by atoms with Gasteiger partial charge in [0.25, 0.3) is 23.9 Å². The summed E-state index contributed by atoms with van der Waals surface area (Å²) >= 11 is -1.82. The zero-order valence-corrected chi connectivity index (χ0v) is 19.8. The van der Waals surface area contributed by atoms with Crippen molar-refractivity contribution in [2.75, 3.05) is 0 Å². The fraction of sp³-hybridized carbons (Fsp3) is 0.500. The van der Waals surface area contributed by atoms with Gasteiger partial charge in [0, 0.05) is 27.7 Å². The van der Waals surface area contributed by atoms with Gasteiger partial charge in [-0.25, -0.2) is 0 Å². The first-order valence-electron chi connectivity index (χ1n) is 6.67. The molecule has 0 aliphatic carbocycles. The molecule has 146 valence electrons. The molecule has 14 heteroatoms. The van der Waals surface area contributed by atoms with Crippen molar-refractivity contribution in [2.45, 2.75) is 41.5 Å². The molecule has 0 aliphatic heterocycles. The summed E-state index contributed by atoms with van der Waals surface area (Å²) in [5, 5.41) is 0. The van der Waals surface area contributed by atoms with Crippen LogP contribution in [0.15, 0.2) is 0 Å². The Morgan fingerprint density at radius 2 is 0.731 bits per heavy atom. The van der Waals surface area contributed by atoms with Crippen LogP contribution >= 0.6 is 0 Å². The normalized spacial score (nSPS) is 9.46. The Balaban J connectivity index is 0. The van der Waals surface area contributed by atoms with Crippen LogP contribution in [-0.2, 0) is 51.8 Å². The molecule has 0 fully saturated rings. The van der Waals surface area contributed by atoms with E-state index in [1.54, 1.807) is 0 Å². The summed E-state index contributed by atoms with van der Waals surface area (Å²) in [5.74, 6) is -4.42. The number of carbonyl (C=O) groups is 6. The third-order valence-electron chi connectivity index (χ3n) is 1.45. The Morgan fingerprint density at radius 1 is 0.500 bits per heavy atom. The van der Waals surface area contributed by atoms with Gasteiger partial charge in [-0.2, -0.15) is 0 Å². The van der Waals surface area contributed by atoms with Crippen LogP contribution in [0.2, 0.25) is 0 Å². The average molecular weight is 590 g/mol. The number of hydrogen-bond donors (Lipinski definition) is 0. The topological polar surface area (TPSA) is 158 Å². The molecule has 0 bridgehead atoms. The van der Waals surface area contributed by atoms with E-state index >= 15 is 0 Å². The van der Waals surface area contributed by atoms with E-state index in [-0.39, 0.29) is 11.9 Å². The average Bonchev–Trinajstić information content (AvgIpc) is 2.33. The maximum atomic E-state index is 10.8. The predicted molar refractivity (Wildman–Crippen MR) is 82.1 cm³/mol. The van der Waals surface area contributed by atoms with Gasteiger partial charge in [0.1, 0.15) is 0 Å². The molecule has 0 aromatic rings. The maximum absolute atomic E-state index is 10.8. The second-order valence-electron chi connectivity index (χ2n) is 4.15. The van der Waals surface area contributed by atoms with Gasteiger partial charge in [0.2, 0.25) is 0 Å². The van der Waals surface area contributed by atoms with E-state index in [0.717, 1.165) is 27.7 Å². The van der Waals surface area contributed by atoms with Crippen molar-refractivity contribution < 1.29 is 51.8 Å². The van der Waals surface area contributed by atoms with Crippen LogP contribution in [0.1, 0.15) is 41.5 Å². The first kappa shape index (κ1) is 26.2. The Morgan fingerprint density at radius 3 is 0.885 bits per heavy atom. The Labute approximate surface area is 163 Å². The molecular formula is C12H18O12PbSi. The number of carbonyl (C=O) groups excluding carboxylic acids is 6. The molecule has 0 atom stereocenters. The molecule has 2 radical (unpaired) electrons. The summed E-state index contributed by atoms with van der Waals surface area (Å²) in [6.45, 7) is 6.51. The minimum atomic E-state index is -4.45. The van der Waals surface area contributed by atoms with E-state index < -0.39 is 58.1 Å². The van der Waals surface area contributed by atoms with E-state index in [1.165, 1.54) is 13.8 Å². The summed E-state index contributed by atoms with van der Waals surface area (Å²) in [6.07, 6.45) is 0. The van der Waals surface area contributed by atoms with Gasteiger partial charge in [-0.1, -0.05) is 0 Å². The fourth-order valence-corrected chi connectivity index (χ4v) is 3.70. The van der Waals surface area contributed by atoms with E-state index in [1.807, 2.05) is 0 Å². The third-order valence-corrected chi connectivity index (χ3v) is 6.48. The second-order valence-corrected chi connectivity index (χ2v) is 8.20. The Hall–Kier alpha value is -2.04. The van der Waals surface area contributed by atoms with E-state index in [9.17, 15) is 28.8 Å². The molecule has 0 aliphatic rings. The Bertz CT molecular complexity index is 477. The third kappa shape index (κ3) is 16.8. The van der Waals surface area contributed by atoms with Crippen LogP contribution in [-0.4, -0.2) is 70.0 Å². The van der Waals surface area contributed by atoms with Gasteiger partial charge < -0.3 is 17.7 Å². The van der Waals surface area contributed by atoms with Crippen LogP contribution in [0.25, 0.3) is 0 Å². The van der Waals surface area contributed by atoms with Gasteiger partial charge >= 0.3 is 74.9 Å². The van der Waals surface area contributed by atoms with Crippen molar-refractivity contribution in [3.63, 3.8) is 0 Å². The summed E-state index contributed by atoms with van der Waals surface area (Å²) in [6, 6.07) is 0. The van der Waals surface area contributed by atoms with Gasteiger partial charge in [0.05, 0.1) is 0 Å². The molecule has 0 saturated heterocycles. The van der Waals surface area contributed by atoms with Gasteiger partial charge in [0.15, 0.2) is 0 Å². The van der Waals surface area contributed by atoms with E-state index in [0.29, 0.717) is 0 Å². The molecule has 0 N–H and O–H groups in total. The van der Waals surface area contributed by atoms with Crippen LogP contribution < -0.4 is 0 Å². The molecule has 0 aromatic heterocycles. The molecule has 0 spiro atoms. The van der Waals surface area contributed by atoms with Crippen molar-refractivity contribution in [3.05, 3.63) is 0 Å². The first-order valence-corrected chi connectivity index (χ1v) is 11.5. The summed E-state index contributed by atoms with van der Waals surface area (Å²) < 4.78 is 27.1. The molecule has 0 saturated carbocycles. The predicted octanol–water partition coefficient (Wildman–Crippen LogP) is -0.679. The second kappa shape index (κ2) is 13.2.